The molecule has 17 heavy (non-hydrogen) atoms. The number of hydrogen-bond acceptors (Lipinski definition) is 3. The molecule has 1 aromatic heterocycles. The first kappa shape index (κ1) is 14.0. The highest BCUT2D eigenvalue weighted by Gasteiger charge is 2.06. The van der Waals surface area contributed by atoms with Gasteiger partial charge in [0.2, 0.25) is 0 Å². The van der Waals surface area contributed by atoms with Gasteiger partial charge in [0.15, 0.2) is 0 Å². The van der Waals surface area contributed by atoms with Crippen LogP contribution in [0.25, 0.3) is 0 Å². The number of aromatic nitrogens is 1. The molecule has 1 heterocycles. The Morgan fingerprint density at radius 2 is 2.18 bits per heavy atom. The Morgan fingerprint density at radius 3 is 2.76 bits per heavy atom. The largest absolute Gasteiger partial charge is 0.351 e. The topological polar surface area (TPSA) is 42.0 Å². The van der Waals surface area contributed by atoms with E-state index in [2.05, 4.69) is 24.1 Å². The molecule has 94 valence electrons. The van der Waals surface area contributed by atoms with Crippen LogP contribution in [0, 0.1) is 13.8 Å². The highest BCUT2D eigenvalue weighted by atomic mass is 32.2. The number of thioether (sulfide) groups is 1. The van der Waals surface area contributed by atoms with Crippen molar-refractivity contribution in [1.29, 1.82) is 0 Å². The van der Waals surface area contributed by atoms with E-state index in [9.17, 15) is 4.79 Å². The Labute approximate surface area is 107 Å². The number of pyridine rings is 1. The lowest BCUT2D eigenvalue weighted by molar-refractivity contribution is 0.0955. The first-order valence-electron chi connectivity index (χ1n) is 5.83. The summed E-state index contributed by atoms with van der Waals surface area (Å²) in [5, 5.41) is 3.51. The normalized spacial score (nSPS) is 10.6. The number of carbonyl (C=O) groups is 1. The van der Waals surface area contributed by atoms with Crippen LogP contribution in [0.4, 0.5) is 0 Å². The molecule has 0 aromatic carbocycles. The van der Waals surface area contributed by atoms with E-state index in [-0.39, 0.29) is 5.91 Å². The molecule has 0 spiro atoms. The molecule has 1 rings (SSSR count). The molecule has 0 aliphatic heterocycles. The van der Waals surface area contributed by atoms with E-state index in [1.807, 2.05) is 31.7 Å². The molecule has 1 amide bonds. The molecule has 1 aromatic rings. The second kappa shape index (κ2) is 6.64. The zero-order valence-corrected chi connectivity index (χ0v) is 11.7. The molecule has 0 bridgehead atoms. The van der Waals surface area contributed by atoms with Crippen molar-refractivity contribution in [2.75, 3.05) is 12.3 Å². The van der Waals surface area contributed by atoms with E-state index in [0.29, 0.717) is 17.4 Å². The molecule has 0 aliphatic carbocycles. The van der Waals surface area contributed by atoms with Crippen molar-refractivity contribution in [2.24, 2.45) is 0 Å². The van der Waals surface area contributed by atoms with Gasteiger partial charge in [-0.05, 0) is 30.7 Å². The highest BCUT2D eigenvalue weighted by Crippen LogP contribution is 2.08. The minimum Gasteiger partial charge on any atom is -0.351 e. The van der Waals surface area contributed by atoms with Gasteiger partial charge in [0.05, 0.1) is 5.56 Å². The number of carbonyl (C=O) groups excluding carboxylic acids is 1. The molecule has 0 radical (unpaired) electrons. The Morgan fingerprint density at radius 1 is 1.47 bits per heavy atom. The van der Waals surface area contributed by atoms with Crippen molar-refractivity contribution in [3.63, 3.8) is 0 Å². The van der Waals surface area contributed by atoms with E-state index >= 15 is 0 Å². The third kappa shape index (κ3) is 4.77. The van der Waals surface area contributed by atoms with E-state index in [1.165, 1.54) is 0 Å². The lowest BCUT2D eigenvalue weighted by atomic mass is 10.1. The lowest BCUT2D eigenvalue weighted by Crippen LogP contribution is -2.26. The van der Waals surface area contributed by atoms with Crippen LogP contribution in [0.5, 0.6) is 0 Å². The Kier molecular flexibility index (Phi) is 5.48. The predicted molar refractivity (Wildman–Crippen MR) is 73.6 cm³/mol. The molecule has 0 atom stereocenters. The number of aryl methyl sites for hydroxylation is 2. The van der Waals surface area contributed by atoms with E-state index in [0.717, 1.165) is 17.0 Å². The van der Waals surface area contributed by atoms with Gasteiger partial charge in [0.1, 0.15) is 0 Å². The van der Waals surface area contributed by atoms with Crippen LogP contribution < -0.4 is 5.32 Å². The van der Waals surface area contributed by atoms with Gasteiger partial charge in [-0.15, -0.1) is 0 Å². The van der Waals surface area contributed by atoms with Gasteiger partial charge >= 0.3 is 0 Å². The molecule has 0 saturated heterocycles. The Hall–Kier alpha value is -1.03. The fourth-order valence-electron chi connectivity index (χ4n) is 1.33. The Balaban J connectivity index is 2.44. The van der Waals surface area contributed by atoms with Crippen molar-refractivity contribution < 1.29 is 4.79 Å². The molecule has 3 nitrogen and oxygen atoms in total. The summed E-state index contributed by atoms with van der Waals surface area (Å²) in [4.78, 5) is 16.0. The molecule has 0 fully saturated rings. The standard InChI is InChI=1S/C13H20N2OS/c1-9(2)17-6-5-14-13(16)12-7-10(3)11(4)15-8-12/h7-9H,5-6H2,1-4H3,(H,14,16). The van der Waals surface area contributed by atoms with E-state index in [4.69, 9.17) is 0 Å². The molecular weight excluding hydrogens is 232 g/mol. The quantitative estimate of drug-likeness (QED) is 0.819. The van der Waals surface area contributed by atoms with Crippen LogP contribution in [0.15, 0.2) is 12.3 Å². The first-order chi connectivity index (χ1) is 8.00. The van der Waals surface area contributed by atoms with Crippen molar-refractivity contribution in [1.82, 2.24) is 10.3 Å². The van der Waals surface area contributed by atoms with Gasteiger partial charge in [-0.1, -0.05) is 13.8 Å². The predicted octanol–water partition coefficient (Wildman–Crippen LogP) is 2.57. The van der Waals surface area contributed by atoms with Gasteiger partial charge in [-0.25, -0.2) is 0 Å². The zero-order valence-electron chi connectivity index (χ0n) is 10.9. The fourth-order valence-corrected chi connectivity index (χ4v) is 2.02. The summed E-state index contributed by atoms with van der Waals surface area (Å²) in [6.07, 6.45) is 1.63. The molecular formula is C13H20N2OS. The SMILES string of the molecule is Cc1cc(C(=O)NCCSC(C)C)cnc1C. The van der Waals surface area contributed by atoms with Gasteiger partial charge in [-0.2, -0.15) is 11.8 Å². The number of amides is 1. The number of rotatable bonds is 5. The maximum Gasteiger partial charge on any atom is 0.252 e. The van der Waals surface area contributed by atoms with Crippen molar-refractivity contribution in [3.8, 4) is 0 Å². The van der Waals surface area contributed by atoms with Crippen LogP contribution in [0.2, 0.25) is 0 Å². The summed E-state index contributed by atoms with van der Waals surface area (Å²) >= 11 is 1.84. The maximum absolute atomic E-state index is 11.8. The molecule has 0 saturated carbocycles. The summed E-state index contributed by atoms with van der Waals surface area (Å²) in [6, 6.07) is 1.88. The minimum atomic E-state index is -0.0371. The first-order valence-corrected chi connectivity index (χ1v) is 6.88. The second-order valence-electron chi connectivity index (χ2n) is 4.30. The third-order valence-electron chi connectivity index (χ3n) is 2.44. The average molecular weight is 252 g/mol. The number of nitrogens with zero attached hydrogens (tertiary/aromatic N) is 1. The van der Waals surface area contributed by atoms with Crippen LogP contribution >= 0.6 is 11.8 Å². The Bertz CT molecular complexity index is 391. The monoisotopic (exact) mass is 252 g/mol. The van der Waals surface area contributed by atoms with Crippen molar-refractivity contribution in [3.05, 3.63) is 29.1 Å². The highest BCUT2D eigenvalue weighted by molar-refractivity contribution is 7.99. The minimum absolute atomic E-state index is 0.0371. The van der Waals surface area contributed by atoms with Crippen LogP contribution in [0.3, 0.4) is 0 Å². The summed E-state index contributed by atoms with van der Waals surface area (Å²) in [5.74, 6) is 0.909. The summed E-state index contributed by atoms with van der Waals surface area (Å²) in [6.45, 7) is 8.91. The summed E-state index contributed by atoms with van der Waals surface area (Å²) in [7, 11) is 0. The maximum atomic E-state index is 11.8. The van der Waals surface area contributed by atoms with E-state index < -0.39 is 0 Å². The number of hydrogen-bond donors (Lipinski definition) is 1. The van der Waals surface area contributed by atoms with E-state index in [1.54, 1.807) is 6.20 Å². The number of nitrogens with one attached hydrogen (secondary N) is 1. The average Bonchev–Trinajstić information content (AvgIpc) is 2.27. The van der Waals surface area contributed by atoms with Crippen molar-refractivity contribution in [2.45, 2.75) is 32.9 Å². The second-order valence-corrected chi connectivity index (χ2v) is 5.99. The van der Waals surface area contributed by atoms with Gasteiger partial charge in [0, 0.05) is 24.2 Å². The smallest absolute Gasteiger partial charge is 0.252 e. The van der Waals surface area contributed by atoms with Crippen LogP contribution in [-0.4, -0.2) is 28.4 Å². The lowest BCUT2D eigenvalue weighted by Gasteiger charge is -2.07. The zero-order chi connectivity index (χ0) is 12.8. The van der Waals surface area contributed by atoms with Crippen molar-refractivity contribution >= 4 is 17.7 Å². The van der Waals surface area contributed by atoms with Gasteiger partial charge < -0.3 is 5.32 Å². The van der Waals surface area contributed by atoms with Gasteiger partial charge in [-0.3, -0.25) is 9.78 Å². The fraction of sp³-hybridized carbons (Fsp3) is 0.538. The van der Waals surface area contributed by atoms with Crippen LogP contribution in [-0.2, 0) is 0 Å². The third-order valence-corrected chi connectivity index (χ3v) is 3.55. The summed E-state index contributed by atoms with van der Waals surface area (Å²) in [5.41, 5.74) is 2.66. The molecule has 4 heteroatoms. The van der Waals surface area contributed by atoms with Crippen LogP contribution in [0.1, 0.15) is 35.5 Å². The molecule has 0 aliphatic rings. The summed E-state index contributed by atoms with van der Waals surface area (Å²) < 4.78 is 0. The molecule has 1 N–H and O–H groups in total. The molecule has 0 unspecified atom stereocenters. The van der Waals surface area contributed by atoms with Gasteiger partial charge in [0.25, 0.3) is 5.91 Å².